The van der Waals surface area contributed by atoms with Gasteiger partial charge < -0.3 is 14.6 Å². The molecule has 4 nitrogen and oxygen atoms in total. The van der Waals surface area contributed by atoms with Gasteiger partial charge in [0.2, 0.25) is 0 Å². The SMILES string of the molecule is CC1C=CSC1c1ccc2cc(O)ccc2c1Oc1ccc(OCCN2CCCCC2)cc1. The van der Waals surface area contributed by atoms with Gasteiger partial charge >= 0.3 is 0 Å². The van der Waals surface area contributed by atoms with Gasteiger partial charge in [-0.15, -0.1) is 11.8 Å². The van der Waals surface area contributed by atoms with E-state index in [9.17, 15) is 5.11 Å². The highest BCUT2D eigenvalue weighted by molar-refractivity contribution is 8.02. The average Bonchev–Trinajstić information content (AvgIpc) is 3.26. The number of fused-ring (bicyclic) bond motifs is 1. The van der Waals surface area contributed by atoms with Crippen molar-refractivity contribution < 1.29 is 14.6 Å². The van der Waals surface area contributed by atoms with Crippen LogP contribution in [0, 0.1) is 5.92 Å². The molecule has 0 amide bonds. The topological polar surface area (TPSA) is 41.9 Å². The Hall–Kier alpha value is -2.63. The number of phenolic OH excluding ortho intramolecular Hbond substituents is 1. The summed E-state index contributed by atoms with van der Waals surface area (Å²) in [5, 5.41) is 14.4. The predicted octanol–water partition coefficient (Wildman–Crippen LogP) is 7.14. The van der Waals surface area contributed by atoms with Gasteiger partial charge in [0.05, 0.1) is 0 Å². The molecule has 0 aromatic heterocycles. The van der Waals surface area contributed by atoms with Crippen LogP contribution in [-0.2, 0) is 0 Å². The zero-order valence-corrected chi connectivity index (χ0v) is 19.9. The number of piperidine rings is 1. The van der Waals surface area contributed by atoms with Crippen molar-refractivity contribution in [1.82, 2.24) is 4.90 Å². The van der Waals surface area contributed by atoms with Crippen LogP contribution in [0.15, 0.2) is 66.1 Å². The highest BCUT2D eigenvalue weighted by Crippen LogP contribution is 2.49. The molecular weight excluding hydrogens is 430 g/mol. The van der Waals surface area contributed by atoms with Crippen molar-refractivity contribution in [3.05, 3.63) is 71.6 Å². The Morgan fingerprint density at radius 3 is 2.52 bits per heavy atom. The van der Waals surface area contributed by atoms with E-state index in [1.165, 1.54) is 37.9 Å². The molecule has 5 rings (SSSR count). The molecule has 3 aromatic rings. The normalized spacial score (nSPS) is 20.9. The van der Waals surface area contributed by atoms with Crippen molar-refractivity contribution in [1.29, 1.82) is 0 Å². The predicted molar refractivity (Wildman–Crippen MR) is 137 cm³/mol. The van der Waals surface area contributed by atoms with Gasteiger partial charge in [-0.1, -0.05) is 31.6 Å². The van der Waals surface area contributed by atoms with E-state index in [4.69, 9.17) is 9.47 Å². The molecule has 2 heterocycles. The lowest BCUT2D eigenvalue weighted by Crippen LogP contribution is -2.33. The van der Waals surface area contributed by atoms with Crippen LogP contribution < -0.4 is 9.47 Å². The molecule has 2 atom stereocenters. The molecule has 172 valence electrons. The summed E-state index contributed by atoms with van der Waals surface area (Å²) in [5.41, 5.74) is 1.18. The fourth-order valence-corrected chi connectivity index (χ4v) is 5.85. The van der Waals surface area contributed by atoms with Crippen LogP contribution in [0.3, 0.4) is 0 Å². The van der Waals surface area contributed by atoms with E-state index in [1.54, 1.807) is 12.1 Å². The minimum atomic E-state index is 0.262. The zero-order chi connectivity index (χ0) is 22.6. The fourth-order valence-electron chi connectivity index (χ4n) is 4.68. The summed E-state index contributed by atoms with van der Waals surface area (Å²) in [6.45, 7) is 6.31. The number of rotatable bonds is 7. The molecule has 0 aliphatic carbocycles. The third-order valence-corrected chi connectivity index (χ3v) is 7.84. The molecule has 5 heteroatoms. The Kier molecular flexibility index (Phi) is 6.79. The Balaban J connectivity index is 1.33. The van der Waals surface area contributed by atoms with E-state index in [0.717, 1.165) is 34.6 Å². The van der Waals surface area contributed by atoms with E-state index in [2.05, 4.69) is 35.4 Å². The first-order chi connectivity index (χ1) is 16.2. The Bertz CT molecular complexity index is 1120. The van der Waals surface area contributed by atoms with E-state index in [-0.39, 0.29) is 5.75 Å². The summed E-state index contributed by atoms with van der Waals surface area (Å²) < 4.78 is 12.5. The van der Waals surface area contributed by atoms with Crippen LogP contribution in [0.2, 0.25) is 0 Å². The van der Waals surface area contributed by atoms with E-state index < -0.39 is 0 Å². The molecule has 1 saturated heterocycles. The molecule has 0 bridgehead atoms. The van der Waals surface area contributed by atoms with E-state index in [1.807, 2.05) is 42.1 Å². The van der Waals surface area contributed by atoms with Gasteiger partial charge in [0.15, 0.2) is 0 Å². The average molecular weight is 462 g/mol. The van der Waals surface area contributed by atoms with E-state index in [0.29, 0.717) is 17.8 Å². The van der Waals surface area contributed by atoms with Crippen LogP contribution in [0.25, 0.3) is 10.8 Å². The molecule has 1 N–H and O–H groups in total. The molecule has 0 saturated carbocycles. The van der Waals surface area contributed by atoms with Crippen LogP contribution in [-0.4, -0.2) is 36.2 Å². The molecule has 0 radical (unpaired) electrons. The number of thioether (sulfide) groups is 1. The van der Waals surface area contributed by atoms with E-state index >= 15 is 0 Å². The first-order valence-electron chi connectivity index (χ1n) is 11.9. The van der Waals surface area contributed by atoms with Gasteiger partial charge in [0.1, 0.15) is 29.6 Å². The van der Waals surface area contributed by atoms with Crippen molar-refractivity contribution in [3.63, 3.8) is 0 Å². The standard InChI is InChI=1S/C28H31NO3S/c1-20-13-18-33-28(20)26-11-5-21-19-22(30)6-12-25(21)27(26)32-24-9-7-23(8-10-24)31-17-16-29-14-3-2-4-15-29/h5-13,18-20,28,30H,2-4,14-17H2,1H3. The van der Waals surface area contributed by atoms with Crippen molar-refractivity contribution >= 4 is 22.5 Å². The smallest absolute Gasteiger partial charge is 0.139 e. The summed E-state index contributed by atoms with van der Waals surface area (Å²) in [4.78, 5) is 2.48. The number of benzene rings is 3. The molecule has 2 aliphatic heterocycles. The third kappa shape index (κ3) is 5.15. The largest absolute Gasteiger partial charge is 0.508 e. The Labute approximate surface area is 200 Å². The number of hydrogen-bond acceptors (Lipinski definition) is 5. The molecule has 0 spiro atoms. The summed E-state index contributed by atoms with van der Waals surface area (Å²) in [6.07, 6.45) is 6.20. The van der Waals surface area contributed by atoms with Crippen LogP contribution in [0.5, 0.6) is 23.0 Å². The van der Waals surface area contributed by atoms with Gasteiger partial charge in [-0.05, 0) is 85.1 Å². The maximum atomic E-state index is 9.95. The lowest BCUT2D eigenvalue weighted by Gasteiger charge is -2.26. The second-order valence-corrected chi connectivity index (χ2v) is 10.0. The number of likely N-dealkylation sites (tertiary alicyclic amines) is 1. The van der Waals surface area contributed by atoms with Crippen molar-refractivity contribution in [2.45, 2.75) is 31.4 Å². The zero-order valence-electron chi connectivity index (χ0n) is 19.1. The Morgan fingerprint density at radius 1 is 0.970 bits per heavy atom. The first-order valence-corrected chi connectivity index (χ1v) is 12.8. The quantitative estimate of drug-likeness (QED) is 0.405. The van der Waals surface area contributed by atoms with Crippen molar-refractivity contribution in [2.75, 3.05) is 26.2 Å². The summed E-state index contributed by atoms with van der Waals surface area (Å²) in [7, 11) is 0. The fraction of sp³-hybridized carbons (Fsp3) is 0.357. The van der Waals surface area contributed by atoms with Gasteiger partial charge in [0.25, 0.3) is 0 Å². The van der Waals surface area contributed by atoms with Crippen LogP contribution >= 0.6 is 11.8 Å². The maximum absolute atomic E-state index is 9.95. The summed E-state index contributed by atoms with van der Waals surface area (Å²) in [6, 6.07) is 17.6. The van der Waals surface area contributed by atoms with Crippen LogP contribution in [0.1, 0.15) is 37.0 Å². The van der Waals surface area contributed by atoms with Crippen molar-refractivity contribution in [3.8, 4) is 23.0 Å². The summed E-state index contributed by atoms with van der Waals surface area (Å²) in [5.74, 6) is 3.20. The van der Waals surface area contributed by atoms with Gasteiger partial charge in [-0.2, -0.15) is 0 Å². The highest BCUT2D eigenvalue weighted by Gasteiger charge is 2.26. The third-order valence-electron chi connectivity index (χ3n) is 6.54. The number of allylic oxidation sites excluding steroid dienone is 1. The number of nitrogens with zero attached hydrogens (tertiary/aromatic N) is 1. The monoisotopic (exact) mass is 461 g/mol. The minimum absolute atomic E-state index is 0.262. The van der Waals surface area contributed by atoms with Gasteiger partial charge in [-0.3, -0.25) is 4.90 Å². The number of ether oxygens (including phenoxy) is 2. The second-order valence-electron chi connectivity index (χ2n) is 8.96. The molecule has 3 aromatic carbocycles. The lowest BCUT2D eigenvalue weighted by atomic mass is 9.96. The molecular formula is C28H31NO3S. The Morgan fingerprint density at radius 2 is 1.76 bits per heavy atom. The molecule has 2 aliphatic rings. The molecule has 2 unspecified atom stereocenters. The summed E-state index contributed by atoms with van der Waals surface area (Å²) >= 11 is 1.83. The number of hydrogen-bond donors (Lipinski definition) is 1. The van der Waals surface area contributed by atoms with Gasteiger partial charge in [-0.25, -0.2) is 0 Å². The van der Waals surface area contributed by atoms with Gasteiger partial charge in [0, 0.05) is 22.7 Å². The number of aromatic hydroxyl groups is 1. The number of phenols is 1. The minimum Gasteiger partial charge on any atom is -0.508 e. The lowest BCUT2D eigenvalue weighted by molar-refractivity contribution is 0.183. The van der Waals surface area contributed by atoms with Crippen LogP contribution in [0.4, 0.5) is 0 Å². The maximum Gasteiger partial charge on any atom is 0.139 e. The molecule has 33 heavy (non-hydrogen) atoms. The van der Waals surface area contributed by atoms with Crippen molar-refractivity contribution in [2.24, 2.45) is 5.92 Å². The second kappa shape index (κ2) is 10.1. The highest BCUT2D eigenvalue weighted by atomic mass is 32.2. The first kappa shape index (κ1) is 22.2. The molecule has 1 fully saturated rings.